The van der Waals surface area contributed by atoms with Crippen LogP contribution in [-0.2, 0) is 34.5 Å². The number of hydrogen-bond acceptors (Lipinski definition) is 6. The lowest BCUT2D eigenvalue weighted by atomic mass is 9.82. The Morgan fingerprint density at radius 1 is 1.41 bits per heavy atom. The maximum atomic E-state index is 12.6. The molecule has 2 aliphatic rings. The molecule has 0 spiro atoms. The van der Waals surface area contributed by atoms with Crippen molar-refractivity contribution in [2.45, 2.75) is 30.2 Å². The Balaban J connectivity index is 1.61. The average molecular weight is 415 g/mol. The highest BCUT2D eigenvalue weighted by Gasteiger charge is 2.27. The fraction of sp³-hybridized carbons (Fsp3) is 0.333. The second-order valence-electron chi connectivity index (χ2n) is 7.18. The summed E-state index contributed by atoms with van der Waals surface area (Å²) < 4.78 is 29.6. The van der Waals surface area contributed by atoms with Crippen LogP contribution in [0.25, 0.3) is 0 Å². The molecule has 2 amide bonds. The summed E-state index contributed by atoms with van der Waals surface area (Å²) in [5, 5.41) is 16.3. The van der Waals surface area contributed by atoms with E-state index in [1.165, 1.54) is 16.3 Å². The van der Waals surface area contributed by atoms with Crippen molar-refractivity contribution in [1.29, 1.82) is 4.78 Å². The van der Waals surface area contributed by atoms with Crippen molar-refractivity contribution in [2.75, 3.05) is 11.9 Å². The molecule has 1 aliphatic carbocycles. The van der Waals surface area contributed by atoms with Crippen LogP contribution in [0, 0.1) is 4.78 Å². The van der Waals surface area contributed by atoms with Crippen molar-refractivity contribution < 1.29 is 18.7 Å². The standard InChI is InChI=1S/C18H22BN5O4S/c1-24-10-8-16(22-24)29(20,27)23-18(25)21-17-14-4-2-3-12(14)5-6-15(17)13-7-9-19(26)28-11-13/h5-10,13,26H,2-4,11H2,1H3,(H3,20,21,23,25,27). The van der Waals surface area contributed by atoms with Gasteiger partial charge in [-0.15, -0.1) is 0 Å². The lowest BCUT2D eigenvalue weighted by molar-refractivity contribution is 0.252. The number of aromatic nitrogens is 2. The largest absolute Gasteiger partial charge is 0.483 e. The average Bonchev–Trinajstić information content (AvgIpc) is 3.32. The van der Waals surface area contributed by atoms with Gasteiger partial charge in [-0.2, -0.15) is 5.10 Å². The predicted octanol–water partition coefficient (Wildman–Crippen LogP) is 1.74. The lowest BCUT2D eigenvalue weighted by Crippen LogP contribution is -2.34. The van der Waals surface area contributed by atoms with E-state index in [1.54, 1.807) is 19.2 Å². The molecule has 4 rings (SSSR count). The van der Waals surface area contributed by atoms with E-state index in [0.717, 1.165) is 30.4 Å². The van der Waals surface area contributed by atoms with E-state index in [2.05, 4.69) is 21.2 Å². The van der Waals surface area contributed by atoms with Crippen LogP contribution >= 0.6 is 0 Å². The van der Waals surface area contributed by atoms with Crippen LogP contribution in [0.4, 0.5) is 10.5 Å². The summed E-state index contributed by atoms with van der Waals surface area (Å²) in [6, 6.07) is 4.72. The first-order valence-corrected chi connectivity index (χ1v) is 10.9. The van der Waals surface area contributed by atoms with Gasteiger partial charge in [0, 0.05) is 31.5 Å². The van der Waals surface area contributed by atoms with Gasteiger partial charge in [0.25, 0.3) is 0 Å². The second-order valence-corrected chi connectivity index (χ2v) is 8.91. The first kappa shape index (κ1) is 19.7. The molecule has 1 aromatic carbocycles. The Hall–Kier alpha value is -2.63. The van der Waals surface area contributed by atoms with Gasteiger partial charge in [0.1, 0.15) is 0 Å². The molecule has 0 radical (unpaired) electrons. The van der Waals surface area contributed by atoms with E-state index in [-0.39, 0.29) is 17.6 Å². The van der Waals surface area contributed by atoms with Crippen molar-refractivity contribution in [2.24, 2.45) is 7.05 Å². The second kappa shape index (κ2) is 7.66. The molecule has 2 unspecified atom stereocenters. The number of hydrogen-bond donors (Lipinski definition) is 4. The highest BCUT2D eigenvalue weighted by atomic mass is 32.2. The molecule has 9 nitrogen and oxygen atoms in total. The van der Waals surface area contributed by atoms with E-state index >= 15 is 0 Å². The number of anilines is 1. The van der Waals surface area contributed by atoms with E-state index in [1.807, 2.05) is 12.1 Å². The van der Waals surface area contributed by atoms with Crippen LogP contribution in [0.5, 0.6) is 0 Å². The van der Waals surface area contributed by atoms with Crippen molar-refractivity contribution >= 4 is 28.8 Å². The van der Waals surface area contributed by atoms with Crippen LogP contribution in [0.1, 0.15) is 29.0 Å². The van der Waals surface area contributed by atoms with E-state index in [9.17, 15) is 14.0 Å². The van der Waals surface area contributed by atoms with Gasteiger partial charge < -0.3 is 15.0 Å². The molecule has 152 valence electrons. The van der Waals surface area contributed by atoms with E-state index < -0.39 is 23.1 Å². The monoisotopic (exact) mass is 415 g/mol. The molecule has 29 heavy (non-hydrogen) atoms. The Morgan fingerprint density at radius 3 is 2.93 bits per heavy atom. The Morgan fingerprint density at radius 2 is 2.24 bits per heavy atom. The van der Waals surface area contributed by atoms with Crippen molar-refractivity contribution in [1.82, 2.24) is 14.5 Å². The first-order chi connectivity index (χ1) is 13.8. The summed E-state index contributed by atoms with van der Waals surface area (Å²) in [7, 11) is -2.86. The van der Waals surface area contributed by atoms with Crippen LogP contribution < -0.4 is 10.0 Å². The molecule has 0 saturated heterocycles. The minimum atomic E-state index is -3.58. The third-order valence-electron chi connectivity index (χ3n) is 5.13. The van der Waals surface area contributed by atoms with Crippen molar-refractivity contribution in [3.05, 3.63) is 53.1 Å². The third-order valence-corrected chi connectivity index (χ3v) is 6.41. The van der Waals surface area contributed by atoms with Gasteiger partial charge in [-0.1, -0.05) is 24.2 Å². The molecule has 0 bridgehead atoms. The predicted molar refractivity (Wildman–Crippen MR) is 109 cm³/mol. The molecular weight excluding hydrogens is 393 g/mol. The van der Waals surface area contributed by atoms with Crippen molar-refractivity contribution in [3.8, 4) is 0 Å². The quantitative estimate of drug-likeness (QED) is 0.566. The molecule has 4 N–H and O–H groups in total. The molecule has 2 aromatic rings. The van der Waals surface area contributed by atoms with Crippen LogP contribution in [0.3, 0.4) is 0 Å². The van der Waals surface area contributed by atoms with Crippen LogP contribution in [-0.4, -0.2) is 38.8 Å². The zero-order valence-corrected chi connectivity index (χ0v) is 16.7. The number of aryl methyl sites for hydroxylation is 2. The summed E-state index contributed by atoms with van der Waals surface area (Å²) in [5.74, 6) is 1.44. The number of fused-ring (bicyclic) bond motifs is 1. The molecule has 11 heteroatoms. The van der Waals surface area contributed by atoms with Gasteiger partial charge in [0.2, 0.25) is 0 Å². The normalized spacial score (nSPS) is 20.2. The smallest absolute Gasteiger partial charge is 0.423 e. The molecular formula is C18H22BN5O4S. The maximum absolute atomic E-state index is 12.6. The molecule has 2 heterocycles. The highest BCUT2D eigenvalue weighted by Crippen LogP contribution is 2.37. The van der Waals surface area contributed by atoms with Gasteiger partial charge >= 0.3 is 13.1 Å². The number of carbonyl (C=O) groups is 1. The van der Waals surface area contributed by atoms with Gasteiger partial charge in [0.15, 0.2) is 14.9 Å². The number of nitrogens with one attached hydrogen (secondary N) is 3. The van der Waals surface area contributed by atoms with Crippen LogP contribution in [0.15, 0.2) is 41.5 Å². The SMILES string of the molecule is Cn1ccc(S(=N)(=O)NC(=O)Nc2c(C3C=CB(O)OC3)ccc3c2CCC3)n1. The number of rotatable bonds is 4. The summed E-state index contributed by atoms with van der Waals surface area (Å²) >= 11 is 0. The Kier molecular flexibility index (Phi) is 5.20. The highest BCUT2D eigenvalue weighted by molar-refractivity contribution is 7.91. The molecule has 1 aliphatic heterocycles. The molecule has 2 atom stereocenters. The number of urea groups is 1. The zero-order valence-electron chi connectivity index (χ0n) is 15.9. The van der Waals surface area contributed by atoms with E-state index in [4.69, 9.17) is 9.43 Å². The van der Waals surface area contributed by atoms with Gasteiger partial charge in [-0.25, -0.2) is 18.5 Å². The zero-order chi connectivity index (χ0) is 20.6. The first-order valence-electron chi connectivity index (χ1n) is 9.33. The topological polar surface area (TPSA) is 129 Å². The summed E-state index contributed by atoms with van der Waals surface area (Å²) in [6.07, 6.45) is 6.18. The molecule has 1 aromatic heterocycles. The Labute approximate surface area is 169 Å². The number of amides is 2. The van der Waals surface area contributed by atoms with Gasteiger partial charge in [0.05, 0.1) is 0 Å². The summed E-state index contributed by atoms with van der Waals surface area (Å²) in [4.78, 5) is 12.6. The molecule has 0 fully saturated rings. The van der Waals surface area contributed by atoms with Gasteiger partial charge in [-0.05, 0) is 42.0 Å². The minimum absolute atomic E-state index is 0.00809. The maximum Gasteiger partial charge on any atom is 0.483 e. The summed E-state index contributed by atoms with van der Waals surface area (Å²) in [5.41, 5.74) is 3.73. The minimum Gasteiger partial charge on any atom is -0.423 e. The van der Waals surface area contributed by atoms with Crippen LogP contribution in [0.2, 0.25) is 0 Å². The summed E-state index contributed by atoms with van der Waals surface area (Å²) in [6.45, 7) is 0.288. The fourth-order valence-corrected chi connectivity index (χ4v) is 4.66. The third kappa shape index (κ3) is 4.07. The number of carbonyl (C=O) groups excluding carboxylic acids is 1. The molecule has 0 saturated carbocycles. The number of nitrogens with zero attached hydrogens (tertiary/aromatic N) is 2. The van der Waals surface area contributed by atoms with Gasteiger partial charge in [-0.3, -0.25) is 4.68 Å². The lowest BCUT2D eigenvalue weighted by Gasteiger charge is -2.24. The van der Waals surface area contributed by atoms with E-state index in [0.29, 0.717) is 5.69 Å². The fourth-order valence-electron chi connectivity index (χ4n) is 3.75. The van der Waals surface area contributed by atoms with Crippen molar-refractivity contribution in [3.63, 3.8) is 0 Å². The Bertz CT molecular complexity index is 1080. The number of benzene rings is 1.